The average molecular weight is 407 g/mol. The van der Waals surface area contributed by atoms with Crippen LogP contribution in [0.3, 0.4) is 0 Å². The van der Waals surface area contributed by atoms with Crippen LogP contribution in [0.4, 0.5) is 25.5 Å². The minimum Gasteiger partial charge on any atom is -0.435 e. The first-order valence-electron chi connectivity index (χ1n) is 8.47. The molecule has 29 heavy (non-hydrogen) atoms. The van der Waals surface area contributed by atoms with Gasteiger partial charge in [-0.05, 0) is 24.6 Å². The highest BCUT2D eigenvalue weighted by atomic mass is 19.3. The fourth-order valence-electron chi connectivity index (χ4n) is 2.84. The van der Waals surface area contributed by atoms with E-state index in [0.717, 1.165) is 4.90 Å². The lowest BCUT2D eigenvalue weighted by molar-refractivity contribution is -0.131. The van der Waals surface area contributed by atoms with E-state index < -0.39 is 24.1 Å². The second-order valence-electron chi connectivity index (χ2n) is 6.65. The van der Waals surface area contributed by atoms with E-state index in [0.29, 0.717) is 5.56 Å². The number of amides is 3. The molecular weight excluding hydrogens is 388 g/mol. The van der Waals surface area contributed by atoms with Gasteiger partial charge in [0.1, 0.15) is 11.3 Å². The van der Waals surface area contributed by atoms with Gasteiger partial charge >= 0.3 is 12.6 Å². The number of anilines is 2. The number of halogens is 2. The van der Waals surface area contributed by atoms with Crippen LogP contribution in [0.1, 0.15) is 18.3 Å². The van der Waals surface area contributed by atoms with Crippen molar-refractivity contribution < 1.29 is 23.1 Å². The smallest absolute Gasteiger partial charge is 0.387 e. The van der Waals surface area contributed by atoms with Gasteiger partial charge in [-0.25, -0.2) is 4.79 Å². The first kappa shape index (κ1) is 20.2. The number of ether oxygens (including phenoxy) is 1. The molecule has 3 N–H and O–H groups in total. The number of alkyl halides is 2. The van der Waals surface area contributed by atoms with Gasteiger partial charge in [-0.1, -0.05) is 12.1 Å². The first-order valence-corrected chi connectivity index (χ1v) is 8.47. The summed E-state index contributed by atoms with van der Waals surface area (Å²) in [5, 5.41) is 2.61. The number of nitrogens with two attached hydrogens (primary N) is 1. The number of carbonyl (C=O) groups is 2. The molecule has 1 aromatic heterocycles. The lowest BCUT2D eigenvalue weighted by atomic mass is 9.92. The van der Waals surface area contributed by atoms with Crippen molar-refractivity contribution in [1.29, 1.82) is 0 Å². The van der Waals surface area contributed by atoms with Crippen LogP contribution in [0.25, 0.3) is 0 Å². The molecule has 0 aliphatic carbocycles. The van der Waals surface area contributed by atoms with E-state index >= 15 is 0 Å². The Kier molecular flexibility index (Phi) is 5.18. The van der Waals surface area contributed by atoms with Crippen LogP contribution in [-0.4, -0.2) is 52.5 Å². The zero-order valence-corrected chi connectivity index (χ0v) is 15.9. The predicted molar refractivity (Wildman–Crippen MR) is 98.1 cm³/mol. The summed E-state index contributed by atoms with van der Waals surface area (Å²) in [4.78, 5) is 40.1. The van der Waals surface area contributed by atoms with Gasteiger partial charge in [0.05, 0.1) is 6.54 Å². The second kappa shape index (κ2) is 7.45. The van der Waals surface area contributed by atoms with Gasteiger partial charge in [-0.2, -0.15) is 23.7 Å². The minimum atomic E-state index is -2.96. The number of rotatable bonds is 6. The molecule has 0 spiro atoms. The molecule has 154 valence electrons. The Hall–Kier alpha value is -3.57. The summed E-state index contributed by atoms with van der Waals surface area (Å²) < 4.78 is 28.9. The molecule has 3 amide bonds. The highest BCUT2D eigenvalue weighted by Crippen LogP contribution is 2.31. The number of urea groups is 1. The van der Waals surface area contributed by atoms with Crippen LogP contribution in [-0.2, 0) is 16.9 Å². The Morgan fingerprint density at radius 2 is 1.86 bits per heavy atom. The van der Waals surface area contributed by atoms with E-state index in [1.807, 2.05) is 0 Å². The molecule has 0 unspecified atom stereocenters. The third-order valence-corrected chi connectivity index (χ3v) is 4.32. The highest BCUT2D eigenvalue weighted by Gasteiger charge is 2.49. The molecule has 1 aliphatic rings. The van der Waals surface area contributed by atoms with Crippen molar-refractivity contribution in [1.82, 2.24) is 25.2 Å². The monoisotopic (exact) mass is 407 g/mol. The molecule has 3 rings (SSSR count). The summed E-state index contributed by atoms with van der Waals surface area (Å²) in [6.45, 7) is -1.65. The van der Waals surface area contributed by atoms with Crippen LogP contribution >= 0.6 is 0 Å². The Labute approximate surface area is 164 Å². The van der Waals surface area contributed by atoms with Crippen molar-refractivity contribution in [3.63, 3.8) is 0 Å². The number of hydrogen-bond acceptors (Lipinski definition) is 8. The summed E-state index contributed by atoms with van der Waals surface area (Å²) in [7, 11) is 3.43. The normalized spacial score (nSPS) is 18.9. The maximum atomic E-state index is 13.0. The lowest BCUT2D eigenvalue weighted by Gasteiger charge is -2.22. The summed E-state index contributed by atoms with van der Waals surface area (Å²) in [6, 6.07) is 4.82. The number of hydrogen-bond donors (Lipinski definition) is 2. The van der Waals surface area contributed by atoms with E-state index in [-0.39, 0.29) is 30.0 Å². The molecule has 1 aliphatic heterocycles. The zero-order chi connectivity index (χ0) is 21.3. The van der Waals surface area contributed by atoms with Gasteiger partial charge in [-0.15, -0.1) is 0 Å². The second-order valence-corrected chi connectivity index (χ2v) is 6.65. The molecule has 2 aromatic rings. The Morgan fingerprint density at radius 1 is 1.21 bits per heavy atom. The Balaban J connectivity index is 1.84. The van der Waals surface area contributed by atoms with E-state index in [2.05, 4.69) is 25.0 Å². The third-order valence-electron chi connectivity index (χ3n) is 4.32. The maximum absolute atomic E-state index is 13.0. The van der Waals surface area contributed by atoms with Crippen LogP contribution in [0.2, 0.25) is 0 Å². The molecule has 10 nitrogen and oxygen atoms in total. The molecule has 0 radical (unpaired) electrons. The lowest BCUT2D eigenvalue weighted by Crippen LogP contribution is -2.40. The SMILES string of the molecule is CN(C)c1nc(N)nc(CN2C(=O)N[C@](C)(c3ccc(OC(F)F)cc3)C2=O)n1. The van der Waals surface area contributed by atoms with E-state index in [1.165, 1.54) is 31.2 Å². The van der Waals surface area contributed by atoms with Crippen LogP contribution < -0.4 is 20.7 Å². The van der Waals surface area contributed by atoms with Crippen molar-refractivity contribution >= 4 is 23.8 Å². The molecule has 1 atom stereocenters. The first-order chi connectivity index (χ1) is 13.6. The van der Waals surface area contributed by atoms with Gasteiger partial charge in [0.2, 0.25) is 11.9 Å². The van der Waals surface area contributed by atoms with Gasteiger partial charge in [0.15, 0.2) is 5.82 Å². The van der Waals surface area contributed by atoms with Crippen LogP contribution in [0, 0.1) is 0 Å². The minimum absolute atomic E-state index is 0.0388. The van der Waals surface area contributed by atoms with Crippen molar-refractivity contribution in [3.05, 3.63) is 35.7 Å². The van der Waals surface area contributed by atoms with Crippen molar-refractivity contribution in [2.24, 2.45) is 0 Å². The van der Waals surface area contributed by atoms with E-state index in [4.69, 9.17) is 5.73 Å². The van der Waals surface area contributed by atoms with Crippen molar-refractivity contribution in [2.75, 3.05) is 24.7 Å². The fourth-order valence-corrected chi connectivity index (χ4v) is 2.84. The quantitative estimate of drug-likeness (QED) is 0.682. The van der Waals surface area contributed by atoms with Crippen LogP contribution in [0.15, 0.2) is 24.3 Å². The summed E-state index contributed by atoms with van der Waals surface area (Å²) >= 11 is 0. The topological polar surface area (TPSA) is 127 Å². The van der Waals surface area contributed by atoms with E-state index in [9.17, 15) is 18.4 Å². The van der Waals surface area contributed by atoms with Crippen molar-refractivity contribution in [3.8, 4) is 5.75 Å². The number of nitrogens with zero attached hydrogens (tertiary/aromatic N) is 5. The zero-order valence-electron chi connectivity index (χ0n) is 15.9. The van der Waals surface area contributed by atoms with Gasteiger partial charge < -0.3 is 20.7 Å². The maximum Gasteiger partial charge on any atom is 0.387 e. The number of nitrogens with one attached hydrogen (secondary N) is 1. The van der Waals surface area contributed by atoms with E-state index in [1.54, 1.807) is 19.0 Å². The standard InChI is InChI=1S/C17H19F2N7O3/c1-17(9-4-6-10(7-5-9)29-13(18)19)12(27)26(16(28)24-17)8-11-21-14(20)23-15(22-11)25(2)3/h4-7,13H,8H2,1-3H3,(H,24,28)(H2,20,21,22,23)/t17-/m1/s1. The summed E-state index contributed by atoms with van der Waals surface area (Å²) in [6.07, 6.45) is 0. The largest absolute Gasteiger partial charge is 0.435 e. The molecule has 1 fully saturated rings. The number of carbonyl (C=O) groups excluding carboxylic acids is 2. The van der Waals surface area contributed by atoms with Gasteiger partial charge in [-0.3, -0.25) is 9.69 Å². The Morgan fingerprint density at radius 3 is 2.45 bits per heavy atom. The Bertz CT molecular complexity index is 939. The van der Waals surface area contributed by atoms with Gasteiger partial charge in [0.25, 0.3) is 5.91 Å². The highest BCUT2D eigenvalue weighted by molar-refractivity contribution is 6.07. The molecule has 1 saturated heterocycles. The summed E-state index contributed by atoms with van der Waals surface area (Å²) in [5.41, 5.74) is 4.70. The third kappa shape index (κ3) is 4.00. The molecule has 12 heteroatoms. The number of benzene rings is 1. The van der Waals surface area contributed by atoms with Crippen LogP contribution in [0.5, 0.6) is 5.75 Å². The average Bonchev–Trinajstić information content (AvgIpc) is 2.85. The molecule has 1 aromatic carbocycles. The molecule has 0 saturated carbocycles. The molecular formula is C17H19F2N7O3. The fraction of sp³-hybridized carbons (Fsp3) is 0.353. The molecule has 0 bridgehead atoms. The number of aromatic nitrogens is 3. The number of nitrogen functional groups attached to an aromatic ring is 1. The predicted octanol–water partition coefficient (Wildman–Crippen LogP) is 1.09. The van der Waals surface area contributed by atoms with Crippen molar-refractivity contribution in [2.45, 2.75) is 25.6 Å². The number of imide groups is 1. The summed E-state index contributed by atoms with van der Waals surface area (Å²) in [5.74, 6) is -0.206. The van der Waals surface area contributed by atoms with Gasteiger partial charge in [0, 0.05) is 14.1 Å². The molecule has 2 heterocycles.